The Kier molecular flexibility index (Phi) is 3.53. The standard InChI is InChI=1S/C9H12.C4H8/c1-2-7-4-3-5-8-6-9(7)8;1-4(2)3/h3-5,8-9H,2,6H2,1H3;1H2,2-3H3. The third-order valence-corrected chi connectivity index (χ3v) is 2.39. The predicted molar refractivity (Wildman–Crippen MR) is 59.6 cm³/mol. The minimum Gasteiger partial charge on any atom is -0.100 e. The molecule has 2 rings (SSSR count). The molecular formula is C13H20. The molecule has 2 aliphatic rings. The second-order valence-electron chi connectivity index (χ2n) is 4.19. The summed E-state index contributed by atoms with van der Waals surface area (Å²) in [6, 6.07) is 0. The predicted octanol–water partition coefficient (Wildman–Crippen LogP) is 4.11. The Labute approximate surface area is 82.0 Å². The van der Waals surface area contributed by atoms with Crippen molar-refractivity contribution in [3.05, 3.63) is 36.0 Å². The highest BCUT2D eigenvalue weighted by atomic mass is 14.4. The summed E-state index contributed by atoms with van der Waals surface area (Å²) in [5.74, 6) is 1.89. The van der Waals surface area contributed by atoms with Crippen LogP contribution in [0.5, 0.6) is 0 Å². The topological polar surface area (TPSA) is 0 Å². The van der Waals surface area contributed by atoms with Crippen LogP contribution < -0.4 is 0 Å². The Morgan fingerprint density at radius 3 is 2.62 bits per heavy atom. The maximum absolute atomic E-state index is 3.56. The molecule has 0 aromatic heterocycles. The van der Waals surface area contributed by atoms with Gasteiger partial charge in [-0.05, 0) is 38.5 Å². The van der Waals surface area contributed by atoms with Gasteiger partial charge in [0, 0.05) is 0 Å². The van der Waals surface area contributed by atoms with Gasteiger partial charge >= 0.3 is 0 Å². The van der Waals surface area contributed by atoms with Crippen LogP contribution in [0, 0.1) is 11.8 Å². The van der Waals surface area contributed by atoms with Crippen molar-refractivity contribution in [2.45, 2.75) is 33.6 Å². The van der Waals surface area contributed by atoms with E-state index >= 15 is 0 Å². The molecule has 0 saturated heterocycles. The molecule has 0 N–H and O–H groups in total. The number of fused-ring (bicyclic) bond motifs is 1. The van der Waals surface area contributed by atoms with Crippen molar-refractivity contribution < 1.29 is 0 Å². The van der Waals surface area contributed by atoms with E-state index in [9.17, 15) is 0 Å². The molecule has 2 atom stereocenters. The van der Waals surface area contributed by atoms with Crippen LogP contribution in [-0.2, 0) is 0 Å². The van der Waals surface area contributed by atoms with Crippen molar-refractivity contribution >= 4 is 0 Å². The highest BCUT2D eigenvalue weighted by Gasteiger charge is 2.37. The molecule has 0 aromatic rings. The van der Waals surface area contributed by atoms with Gasteiger partial charge in [0.2, 0.25) is 0 Å². The molecule has 0 amide bonds. The fourth-order valence-electron chi connectivity index (χ4n) is 1.68. The van der Waals surface area contributed by atoms with Crippen LogP contribution in [0.2, 0.25) is 0 Å². The van der Waals surface area contributed by atoms with Crippen molar-refractivity contribution in [1.82, 2.24) is 0 Å². The first-order valence-corrected chi connectivity index (χ1v) is 5.14. The van der Waals surface area contributed by atoms with Crippen molar-refractivity contribution in [2.75, 3.05) is 0 Å². The second kappa shape index (κ2) is 4.45. The van der Waals surface area contributed by atoms with E-state index in [2.05, 4.69) is 31.7 Å². The Morgan fingerprint density at radius 1 is 1.54 bits per heavy atom. The minimum atomic E-state index is 0.935. The Hall–Kier alpha value is -0.780. The van der Waals surface area contributed by atoms with Crippen LogP contribution >= 0.6 is 0 Å². The molecule has 0 heterocycles. The van der Waals surface area contributed by atoms with Gasteiger partial charge < -0.3 is 0 Å². The van der Waals surface area contributed by atoms with Crippen molar-refractivity contribution in [2.24, 2.45) is 11.8 Å². The van der Waals surface area contributed by atoms with Crippen LogP contribution in [0.3, 0.4) is 0 Å². The van der Waals surface area contributed by atoms with Crippen LogP contribution in [-0.4, -0.2) is 0 Å². The van der Waals surface area contributed by atoms with E-state index in [1.165, 1.54) is 18.4 Å². The van der Waals surface area contributed by atoms with Gasteiger partial charge in [0.05, 0.1) is 0 Å². The lowest BCUT2D eigenvalue weighted by molar-refractivity contribution is 0.850. The van der Waals surface area contributed by atoms with Gasteiger partial charge in [-0.15, -0.1) is 6.58 Å². The van der Waals surface area contributed by atoms with Crippen molar-refractivity contribution in [3.8, 4) is 0 Å². The SMILES string of the molecule is C=C(C)C.CCC1=CC=CC2CC12. The lowest BCUT2D eigenvalue weighted by Gasteiger charge is -2.03. The lowest BCUT2D eigenvalue weighted by atomic mass is 10.0. The molecule has 0 bridgehead atoms. The van der Waals surface area contributed by atoms with Crippen molar-refractivity contribution in [1.29, 1.82) is 0 Å². The van der Waals surface area contributed by atoms with E-state index in [1.807, 2.05) is 13.8 Å². The molecule has 2 aliphatic carbocycles. The smallest absolute Gasteiger partial charge is 0.0131 e. The Balaban J connectivity index is 0.000000184. The Morgan fingerprint density at radius 2 is 2.15 bits per heavy atom. The molecule has 72 valence electrons. The summed E-state index contributed by atoms with van der Waals surface area (Å²) >= 11 is 0. The molecule has 0 aromatic carbocycles. The van der Waals surface area contributed by atoms with E-state index in [0.717, 1.165) is 11.8 Å². The Bertz CT molecular complexity index is 239. The molecule has 1 fully saturated rings. The van der Waals surface area contributed by atoms with Crippen LogP contribution in [0.4, 0.5) is 0 Å². The average molecular weight is 176 g/mol. The second-order valence-corrected chi connectivity index (χ2v) is 4.19. The zero-order valence-corrected chi connectivity index (χ0v) is 9.01. The summed E-state index contributed by atoms with van der Waals surface area (Å²) in [5.41, 5.74) is 2.84. The first-order chi connectivity index (χ1) is 6.15. The summed E-state index contributed by atoms with van der Waals surface area (Å²) in [6.07, 6.45) is 9.52. The summed E-state index contributed by atoms with van der Waals surface area (Å²) < 4.78 is 0. The molecule has 0 heteroatoms. The summed E-state index contributed by atoms with van der Waals surface area (Å²) in [7, 11) is 0. The molecular weight excluding hydrogens is 156 g/mol. The van der Waals surface area contributed by atoms with E-state index < -0.39 is 0 Å². The van der Waals surface area contributed by atoms with E-state index in [1.54, 1.807) is 5.57 Å². The molecule has 1 saturated carbocycles. The van der Waals surface area contributed by atoms with E-state index in [-0.39, 0.29) is 0 Å². The molecule has 0 spiro atoms. The molecule has 13 heavy (non-hydrogen) atoms. The maximum atomic E-state index is 3.56. The third-order valence-electron chi connectivity index (χ3n) is 2.39. The van der Waals surface area contributed by atoms with Crippen molar-refractivity contribution in [3.63, 3.8) is 0 Å². The first kappa shape index (κ1) is 10.3. The highest BCUT2D eigenvalue weighted by Crippen LogP contribution is 2.48. The zero-order chi connectivity index (χ0) is 9.84. The largest absolute Gasteiger partial charge is 0.100 e. The lowest BCUT2D eigenvalue weighted by Crippen LogP contribution is -1.88. The maximum Gasteiger partial charge on any atom is -0.0131 e. The highest BCUT2D eigenvalue weighted by molar-refractivity contribution is 5.29. The first-order valence-electron chi connectivity index (χ1n) is 5.14. The average Bonchev–Trinajstić information content (AvgIpc) is 2.80. The number of hydrogen-bond donors (Lipinski definition) is 0. The molecule has 0 nitrogen and oxygen atoms in total. The van der Waals surface area contributed by atoms with Gasteiger partial charge in [0.15, 0.2) is 0 Å². The van der Waals surface area contributed by atoms with Gasteiger partial charge in [-0.3, -0.25) is 0 Å². The molecule has 0 radical (unpaired) electrons. The van der Waals surface area contributed by atoms with Gasteiger partial charge in [0.25, 0.3) is 0 Å². The van der Waals surface area contributed by atoms with Crippen LogP contribution in [0.15, 0.2) is 36.0 Å². The molecule has 2 unspecified atom stereocenters. The summed E-state index contributed by atoms with van der Waals surface area (Å²) in [5, 5.41) is 0. The summed E-state index contributed by atoms with van der Waals surface area (Å²) in [6.45, 7) is 9.75. The van der Waals surface area contributed by atoms with Gasteiger partial charge in [-0.25, -0.2) is 0 Å². The van der Waals surface area contributed by atoms with Gasteiger partial charge in [0.1, 0.15) is 0 Å². The normalized spacial score (nSPS) is 28.1. The third kappa shape index (κ3) is 3.22. The summed E-state index contributed by atoms with van der Waals surface area (Å²) in [4.78, 5) is 0. The zero-order valence-electron chi connectivity index (χ0n) is 9.01. The number of rotatable bonds is 1. The number of allylic oxidation sites excluding steroid dienone is 5. The fourth-order valence-corrected chi connectivity index (χ4v) is 1.68. The minimum absolute atomic E-state index is 0.935. The van der Waals surface area contributed by atoms with Gasteiger partial charge in [-0.1, -0.05) is 36.3 Å². The quantitative estimate of drug-likeness (QED) is 0.527. The van der Waals surface area contributed by atoms with E-state index in [0.29, 0.717) is 0 Å². The van der Waals surface area contributed by atoms with Gasteiger partial charge in [-0.2, -0.15) is 0 Å². The monoisotopic (exact) mass is 176 g/mol. The van der Waals surface area contributed by atoms with Crippen LogP contribution in [0.25, 0.3) is 0 Å². The fraction of sp³-hybridized carbons (Fsp3) is 0.538. The van der Waals surface area contributed by atoms with E-state index in [4.69, 9.17) is 0 Å². The molecule has 0 aliphatic heterocycles. The number of hydrogen-bond acceptors (Lipinski definition) is 0. The van der Waals surface area contributed by atoms with Crippen LogP contribution in [0.1, 0.15) is 33.6 Å².